The molecule has 0 atom stereocenters. The van der Waals surface area contributed by atoms with Crippen LogP contribution in [0.5, 0.6) is 0 Å². The number of hydrogen-bond donors (Lipinski definition) is 1. The van der Waals surface area contributed by atoms with Gasteiger partial charge in [0.1, 0.15) is 13.2 Å². The van der Waals surface area contributed by atoms with E-state index < -0.39 is 5.97 Å². The minimum Gasteiger partial charge on any atom is -0.461 e. The number of rotatable bonds is 6. The van der Waals surface area contributed by atoms with Gasteiger partial charge in [-0.15, -0.1) is 0 Å². The fourth-order valence-electron chi connectivity index (χ4n) is 0.579. The van der Waals surface area contributed by atoms with Crippen molar-refractivity contribution in [2.75, 3.05) is 19.8 Å². The molecule has 0 spiro atoms. The zero-order chi connectivity index (χ0) is 10.8. The van der Waals surface area contributed by atoms with Crippen LogP contribution in [-0.2, 0) is 19.1 Å². The van der Waals surface area contributed by atoms with E-state index in [-0.39, 0.29) is 25.7 Å². The van der Waals surface area contributed by atoms with Crippen molar-refractivity contribution in [3.8, 4) is 0 Å². The summed E-state index contributed by atoms with van der Waals surface area (Å²) in [7, 11) is 0. The summed E-state index contributed by atoms with van der Waals surface area (Å²) in [6, 6.07) is 0. The summed E-state index contributed by atoms with van der Waals surface area (Å²) in [5.41, 5.74) is 5.00. The minimum atomic E-state index is -0.458. The molecule has 0 aliphatic heterocycles. The molecule has 80 valence electrons. The summed E-state index contributed by atoms with van der Waals surface area (Å²) in [6.07, 6.45) is 3.56. The van der Waals surface area contributed by atoms with Gasteiger partial charge in [-0.25, -0.2) is 0 Å². The van der Waals surface area contributed by atoms with E-state index in [9.17, 15) is 9.59 Å². The van der Waals surface area contributed by atoms with Gasteiger partial charge in [-0.05, 0) is 12.2 Å². The number of carbonyl (C=O) groups excluding carboxylic acids is 2. The predicted octanol–water partition coefficient (Wildman–Crippen LogP) is -0.00230. The summed E-state index contributed by atoms with van der Waals surface area (Å²) in [6.45, 7) is 1.94. The molecular formula is C9H15NO4. The summed E-state index contributed by atoms with van der Waals surface area (Å²) in [5.74, 6) is -0.714. The summed E-state index contributed by atoms with van der Waals surface area (Å²) < 4.78 is 9.37. The quantitative estimate of drug-likeness (QED) is 0.483. The van der Waals surface area contributed by atoms with Crippen LogP contribution in [0.2, 0.25) is 0 Å². The van der Waals surface area contributed by atoms with Gasteiger partial charge in [0.2, 0.25) is 0 Å². The Morgan fingerprint density at radius 2 is 1.64 bits per heavy atom. The Bertz CT molecular complexity index is 191. The van der Waals surface area contributed by atoms with Crippen molar-refractivity contribution >= 4 is 11.9 Å². The van der Waals surface area contributed by atoms with Crippen molar-refractivity contribution in [1.29, 1.82) is 0 Å². The molecule has 0 saturated heterocycles. The lowest BCUT2D eigenvalue weighted by Gasteiger charge is -1.99. The van der Waals surface area contributed by atoms with Gasteiger partial charge in [-0.1, -0.05) is 6.92 Å². The molecule has 0 amide bonds. The summed E-state index contributed by atoms with van der Waals surface area (Å²) in [5, 5.41) is 0. The second-order valence-corrected chi connectivity index (χ2v) is 2.40. The SMILES string of the molecule is CCC(=O)OC/C=C\COC(=O)CN. The van der Waals surface area contributed by atoms with Gasteiger partial charge in [0.15, 0.2) is 0 Å². The lowest BCUT2D eigenvalue weighted by Crippen LogP contribution is -2.16. The molecule has 5 heteroatoms. The van der Waals surface area contributed by atoms with Crippen LogP contribution in [0, 0.1) is 0 Å². The smallest absolute Gasteiger partial charge is 0.320 e. The molecule has 0 unspecified atom stereocenters. The van der Waals surface area contributed by atoms with Crippen LogP contribution in [0.3, 0.4) is 0 Å². The number of ether oxygens (including phenoxy) is 2. The Morgan fingerprint density at radius 1 is 1.14 bits per heavy atom. The van der Waals surface area contributed by atoms with Crippen molar-refractivity contribution in [2.45, 2.75) is 13.3 Å². The van der Waals surface area contributed by atoms with Gasteiger partial charge in [-0.2, -0.15) is 0 Å². The molecule has 0 aromatic rings. The van der Waals surface area contributed by atoms with Crippen molar-refractivity contribution in [3.05, 3.63) is 12.2 Å². The van der Waals surface area contributed by atoms with Crippen molar-refractivity contribution in [3.63, 3.8) is 0 Å². The van der Waals surface area contributed by atoms with Gasteiger partial charge in [0.25, 0.3) is 0 Å². The first-order chi connectivity index (χ1) is 6.70. The molecule has 0 fully saturated rings. The van der Waals surface area contributed by atoms with E-state index in [1.807, 2.05) is 0 Å². The molecule has 14 heavy (non-hydrogen) atoms. The molecule has 0 aromatic carbocycles. The van der Waals surface area contributed by atoms with E-state index in [0.717, 1.165) is 0 Å². The normalized spacial score (nSPS) is 10.1. The third-order valence-corrected chi connectivity index (χ3v) is 1.30. The summed E-state index contributed by atoms with van der Waals surface area (Å²) >= 11 is 0. The molecular weight excluding hydrogens is 186 g/mol. The lowest BCUT2D eigenvalue weighted by atomic mass is 10.5. The molecule has 0 bridgehead atoms. The van der Waals surface area contributed by atoms with E-state index >= 15 is 0 Å². The highest BCUT2D eigenvalue weighted by atomic mass is 16.5. The van der Waals surface area contributed by atoms with Crippen LogP contribution in [0.15, 0.2) is 12.2 Å². The van der Waals surface area contributed by atoms with Crippen molar-refractivity contribution in [1.82, 2.24) is 0 Å². The third kappa shape index (κ3) is 7.30. The monoisotopic (exact) mass is 201 g/mol. The Balaban J connectivity index is 3.36. The maximum Gasteiger partial charge on any atom is 0.320 e. The second-order valence-electron chi connectivity index (χ2n) is 2.40. The van der Waals surface area contributed by atoms with Gasteiger partial charge < -0.3 is 15.2 Å². The van der Waals surface area contributed by atoms with E-state index in [1.54, 1.807) is 19.1 Å². The highest BCUT2D eigenvalue weighted by Gasteiger charge is 1.95. The molecule has 0 radical (unpaired) electrons. The molecule has 0 heterocycles. The van der Waals surface area contributed by atoms with Crippen LogP contribution in [0.25, 0.3) is 0 Å². The highest BCUT2D eigenvalue weighted by molar-refractivity contribution is 5.71. The predicted molar refractivity (Wildman–Crippen MR) is 50.4 cm³/mol. The second kappa shape index (κ2) is 8.25. The van der Waals surface area contributed by atoms with Crippen molar-refractivity contribution < 1.29 is 19.1 Å². The number of carbonyl (C=O) groups is 2. The standard InChI is InChI=1S/C9H15NO4/c1-2-8(11)13-5-3-4-6-14-9(12)7-10/h3-4H,2,5-7,10H2,1H3/b4-3-. The van der Waals surface area contributed by atoms with Crippen LogP contribution < -0.4 is 5.73 Å². The molecule has 0 rings (SSSR count). The fourth-order valence-corrected chi connectivity index (χ4v) is 0.579. The third-order valence-electron chi connectivity index (χ3n) is 1.30. The molecule has 2 N–H and O–H groups in total. The maximum atomic E-state index is 10.6. The fraction of sp³-hybridized carbons (Fsp3) is 0.556. The van der Waals surface area contributed by atoms with E-state index in [2.05, 4.69) is 4.74 Å². The van der Waals surface area contributed by atoms with E-state index in [4.69, 9.17) is 10.5 Å². The average molecular weight is 201 g/mol. The first-order valence-electron chi connectivity index (χ1n) is 4.37. The maximum absolute atomic E-state index is 10.6. The molecule has 5 nitrogen and oxygen atoms in total. The van der Waals surface area contributed by atoms with Crippen LogP contribution >= 0.6 is 0 Å². The van der Waals surface area contributed by atoms with Crippen LogP contribution in [0.4, 0.5) is 0 Å². The van der Waals surface area contributed by atoms with Crippen LogP contribution in [-0.4, -0.2) is 31.7 Å². The highest BCUT2D eigenvalue weighted by Crippen LogP contribution is 1.85. The number of hydrogen-bond acceptors (Lipinski definition) is 5. The summed E-state index contributed by atoms with van der Waals surface area (Å²) in [4.78, 5) is 21.2. The first-order valence-corrected chi connectivity index (χ1v) is 4.37. The lowest BCUT2D eigenvalue weighted by molar-refractivity contribution is -0.142. The van der Waals surface area contributed by atoms with Gasteiger partial charge in [0.05, 0.1) is 6.54 Å². The molecule has 0 aromatic heterocycles. The number of esters is 2. The molecule has 0 aliphatic rings. The van der Waals surface area contributed by atoms with Gasteiger partial charge in [-0.3, -0.25) is 9.59 Å². The first kappa shape index (κ1) is 12.6. The largest absolute Gasteiger partial charge is 0.461 e. The minimum absolute atomic E-state index is 0.126. The Kier molecular flexibility index (Phi) is 7.45. The van der Waals surface area contributed by atoms with Crippen LogP contribution in [0.1, 0.15) is 13.3 Å². The van der Waals surface area contributed by atoms with E-state index in [1.165, 1.54) is 0 Å². The zero-order valence-electron chi connectivity index (χ0n) is 8.19. The molecule has 0 aliphatic carbocycles. The Hall–Kier alpha value is -1.36. The van der Waals surface area contributed by atoms with E-state index in [0.29, 0.717) is 6.42 Å². The Labute approximate surface area is 82.9 Å². The van der Waals surface area contributed by atoms with Gasteiger partial charge >= 0.3 is 11.9 Å². The number of nitrogens with two attached hydrogens (primary N) is 1. The average Bonchev–Trinajstić information content (AvgIpc) is 2.22. The Morgan fingerprint density at radius 3 is 2.07 bits per heavy atom. The zero-order valence-corrected chi connectivity index (χ0v) is 8.19. The topological polar surface area (TPSA) is 78.6 Å². The van der Waals surface area contributed by atoms with Crippen molar-refractivity contribution in [2.24, 2.45) is 5.73 Å². The molecule has 0 saturated carbocycles. The van der Waals surface area contributed by atoms with Gasteiger partial charge in [0, 0.05) is 6.42 Å².